The second-order valence-electron chi connectivity index (χ2n) is 6.16. The molecule has 0 unspecified atom stereocenters. The van der Waals surface area contributed by atoms with E-state index < -0.39 is 0 Å². The molecule has 1 aromatic carbocycles. The number of piperidine rings is 1. The van der Waals surface area contributed by atoms with Crippen LogP contribution in [0.2, 0.25) is 0 Å². The van der Waals surface area contributed by atoms with Crippen molar-refractivity contribution >= 4 is 11.7 Å². The summed E-state index contributed by atoms with van der Waals surface area (Å²) in [4.78, 5) is 22.6. The number of benzene rings is 1. The summed E-state index contributed by atoms with van der Waals surface area (Å²) < 4.78 is 18.9. The van der Waals surface area contributed by atoms with Crippen molar-refractivity contribution in [3.05, 3.63) is 47.7 Å². The summed E-state index contributed by atoms with van der Waals surface area (Å²) >= 11 is 0. The zero-order valence-electron chi connectivity index (χ0n) is 14.3. The standard InChI is InChI=1S/C18H21FN4O2/c1-12-10-17(21-13(2)20-12)25-16-4-3-9-23(11-16)18(24)22-15-7-5-14(19)6-8-15/h5-8,10,16H,3-4,9,11H2,1-2H3,(H,22,24)/t16-/m0/s1. The highest BCUT2D eigenvalue weighted by atomic mass is 19.1. The minimum Gasteiger partial charge on any atom is -0.472 e. The summed E-state index contributed by atoms with van der Waals surface area (Å²) in [6.07, 6.45) is 1.61. The highest BCUT2D eigenvalue weighted by molar-refractivity contribution is 5.89. The van der Waals surface area contributed by atoms with Gasteiger partial charge in [0.15, 0.2) is 0 Å². The third-order valence-electron chi connectivity index (χ3n) is 3.99. The molecule has 0 saturated carbocycles. The van der Waals surface area contributed by atoms with Crippen molar-refractivity contribution in [2.24, 2.45) is 0 Å². The van der Waals surface area contributed by atoms with E-state index in [4.69, 9.17) is 4.74 Å². The van der Waals surface area contributed by atoms with Crippen LogP contribution >= 0.6 is 0 Å². The minimum absolute atomic E-state index is 0.110. The molecule has 1 N–H and O–H groups in total. The largest absolute Gasteiger partial charge is 0.472 e. The molecule has 1 aliphatic heterocycles. The first-order valence-corrected chi connectivity index (χ1v) is 8.30. The van der Waals surface area contributed by atoms with Crippen LogP contribution in [-0.2, 0) is 0 Å². The first-order chi connectivity index (χ1) is 12.0. The Morgan fingerprint density at radius 3 is 2.76 bits per heavy atom. The third-order valence-corrected chi connectivity index (χ3v) is 3.99. The Hall–Kier alpha value is -2.70. The second kappa shape index (κ2) is 7.46. The highest BCUT2D eigenvalue weighted by Gasteiger charge is 2.25. The molecular formula is C18H21FN4O2. The van der Waals surface area contributed by atoms with E-state index in [0.29, 0.717) is 30.5 Å². The normalized spacial score (nSPS) is 17.2. The van der Waals surface area contributed by atoms with Crippen LogP contribution in [0.4, 0.5) is 14.9 Å². The lowest BCUT2D eigenvalue weighted by molar-refractivity contribution is 0.102. The van der Waals surface area contributed by atoms with E-state index in [2.05, 4.69) is 15.3 Å². The number of hydrogen-bond acceptors (Lipinski definition) is 4. The number of hydrogen-bond donors (Lipinski definition) is 1. The number of rotatable bonds is 3. The minimum atomic E-state index is -0.333. The third kappa shape index (κ3) is 4.65. The summed E-state index contributed by atoms with van der Waals surface area (Å²) in [6.45, 7) is 4.86. The number of amides is 2. The van der Waals surface area contributed by atoms with Crippen LogP contribution in [0.25, 0.3) is 0 Å². The molecule has 2 amide bonds. The maximum Gasteiger partial charge on any atom is 0.321 e. The van der Waals surface area contributed by atoms with E-state index in [0.717, 1.165) is 18.5 Å². The van der Waals surface area contributed by atoms with Gasteiger partial charge in [0.1, 0.15) is 17.7 Å². The SMILES string of the molecule is Cc1cc(O[C@H]2CCCN(C(=O)Nc3ccc(F)cc3)C2)nc(C)n1. The number of aryl methyl sites for hydroxylation is 2. The van der Waals surface area contributed by atoms with Crippen LogP contribution < -0.4 is 10.1 Å². The van der Waals surface area contributed by atoms with Crippen molar-refractivity contribution in [1.82, 2.24) is 14.9 Å². The first kappa shape index (κ1) is 17.1. The van der Waals surface area contributed by atoms with Crippen LogP contribution in [0.3, 0.4) is 0 Å². The molecule has 0 aliphatic carbocycles. The van der Waals surface area contributed by atoms with Gasteiger partial charge >= 0.3 is 6.03 Å². The molecule has 1 fully saturated rings. The second-order valence-corrected chi connectivity index (χ2v) is 6.16. The molecule has 132 valence electrons. The molecule has 0 radical (unpaired) electrons. The number of halogens is 1. The lowest BCUT2D eigenvalue weighted by Crippen LogP contribution is -2.46. The zero-order chi connectivity index (χ0) is 17.8. The number of anilines is 1. The van der Waals surface area contributed by atoms with Crippen molar-refractivity contribution in [1.29, 1.82) is 0 Å². The average molecular weight is 344 g/mol. The average Bonchev–Trinajstić information content (AvgIpc) is 2.56. The van der Waals surface area contributed by atoms with E-state index in [9.17, 15) is 9.18 Å². The molecular weight excluding hydrogens is 323 g/mol. The fraction of sp³-hybridized carbons (Fsp3) is 0.389. The Balaban J connectivity index is 1.60. The Bertz CT molecular complexity index is 731. The summed E-state index contributed by atoms with van der Waals surface area (Å²) in [5.74, 6) is 0.868. The van der Waals surface area contributed by atoms with E-state index in [1.165, 1.54) is 24.3 Å². The highest BCUT2D eigenvalue weighted by Crippen LogP contribution is 2.19. The Kier molecular flexibility index (Phi) is 5.11. The zero-order valence-corrected chi connectivity index (χ0v) is 14.3. The van der Waals surface area contributed by atoms with E-state index in [-0.39, 0.29) is 18.0 Å². The van der Waals surface area contributed by atoms with Gasteiger partial charge in [-0.1, -0.05) is 0 Å². The molecule has 2 aromatic rings. The monoisotopic (exact) mass is 344 g/mol. The summed E-state index contributed by atoms with van der Waals surface area (Å²) in [6, 6.07) is 7.30. The number of carbonyl (C=O) groups excluding carboxylic acids is 1. The molecule has 1 aliphatic rings. The number of ether oxygens (including phenoxy) is 1. The topological polar surface area (TPSA) is 67.3 Å². The van der Waals surface area contributed by atoms with E-state index >= 15 is 0 Å². The van der Waals surface area contributed by atoms with Gasteiger partial charge in [-0.25, -0.2) is 14.2 Å². The molecule has 0 spiro atoms. The van der Waals surface area contributed by atoms with Gasteiger partial charge in [0.05, 0.1) is 6.54 Å². The maximum absolute atomic E-state index is 12.9. The number of nitrogens with zero attached hydrogens (tertiary/aromatic N) is 3. The molecule has 1 aromatic heterocycles. The van der Waals surface area contributed by atoms with Gasteiger partial charge in [0.25, 0.3) is 0 Å². The van der Waals surface area contributed by atoms with Crippen molar-refractivity contribution < 1.29 is 13.9 Å². The fourth-order valence-corrected chi connectivity index (χ4v) is 2.87. The summed E-state index contributed by atoms with van der Waals surface area (Å²) in [5, 5.41) is 2.78. The molecule has 1 saturated heterocycles. The van der Waals surface area contributed by atoms with Gasteiger partial charge in [0.2, 0.25) is 5.88 Å². The summed E-state index contributed by atoms with van der Waals surface area (Å²) in [7, 11) is 0. The molecule has 7 heteroatoms. The predicted molar refractivity (Wildman–Crippen MR) is 92.1 cm³/mol. The lowest BCUT2D eigenvalue weighted by atomic mass is 10.1. The fourth-order valence-electron chi connectivity index (χ4n) is 2.87. The Labute approximate surface area is 146 Å². The van der Waals surface area contributed by atoms with Crippen LogP contribution in [0.1, 0.15) is 24.4 Å². The number of carbonyl (C=O) groups is 1. The number of urea groups is 1. The smallest absolute Gasteiger partial charge is 0.321 e. The maximum atomic E-state index is 12.9. The van der Waals surface area contributed by atoms with Crippen molar-refractivity contribution in [2.45, 2.75) is 32.8 Å². The first-order valence-electron chi connectivity index (χ1n) is 8.30. The molecule has 6 nitrogen and oxygen atoms in total. The quantitative estimate of drug-likeness (QED) is 0.928. The van der Waals surface area contributed by atoms with Crippen molar-refractivity contribution in [3.63, 3.8) is 0 Å². The van der Waals surface area contributed by atoms with Gasteiger partial charge in [-0.15, -0.1) is 0 Å². The predicted octanol–water partition coefficient (Wildman–Crippen LogP) is 3.31. The van der Waals surface area contributed by atoms with Gasteiger partial charge in [-0.2, -0.15) is 4.98 Å². The van der Waals surface area contributed by atoms with E-state index in [1.807, 2.05) is 13.8 Å². The van der Waals surface area contributed by atoms with Crippen LogP contribution in [0, 0.1) is 19.7 Å². The Morgan fingerprint density at radius 1 is 1.28 bits per heavy atom. The number of likely N-dealkylation sites (tertiary alicyclic amines) is 1. The Morgan fingerprint density at radius 2 is 2.04 bits per heavy atom. The molecule has 2 heterocycles. The van der Waals surface area contributed by atoms with Crippen LogP contribution in [-0.4, -0.2) is 40.1 Å². The van der Waals surface area contributed by atoms with Crippen molar-refractivity contribution in [2.75, 3.05) is 18.4 Å². The van der Waals surface area contributed by atoms with Gasteiger partial charge in [-0.3, -0.25) is 0 Å². The van der Waals surface area contributed by atoms with Gasteiger partial charge < -0.3 is 15.0 Å². The van der Waals surface area contributed by atoms with Crippen LogP contribution in [0.5, 0.6) is 5.88 Å². The number of aromatic nitrogens is 2. The van der Waals surface area contributed by atoms with Gasteiger partial charge in [0, 0.05) is 24.0 Å². The molecule has 1 atom stereocenters. The molecule has 3 rings (SSSR count). The van der Waals surface area contributed by atoms with Crippen molar-refractivity contribution in [3.8, 4) is 5.88 Å². The van der Waals surface area contributed by atoms with Crippen LogP contribution in [0.15, 0.2) is 30.3 Å². The molecule has 25 heavy (non-hydrogen) atoms. The van der Waals surface area contributed by atoms with E-state index in [1.54, 1.807) is 11.0 Å². The lowest BCUT2D eigenvalue weighted by Gasteiger charge is -2.32. The summed E-state index contributed by atoms with van der Waals surface area (Å²) in [5.41, 5.74) is 1.42. The number of nitrogens with one attached hydrogen (secondary N) is 1. The van der Waals surface area contributed by atoms with Gasteiger partial charge in [-0.05, 0) is 51.0 Å². The molecule has 0 bridgehead atoms.